The van der Waals surface area contributed by atoms with Gasteiger partial charge in [0.1, 0.15) is 0 Å². The standard InChI is InChI=1S/C17H8F17NO5S/c18-10(19,12(22,23)14(26,27)16(30,31)32)11(20,21)13(24,25)15(28,29)17(33,34)41(38,39)40-35-8(36)6-4-1-2-5(3-4)7(6)9(35)37/h1-2,4-5,36-37H,3H2. The van der Waals surface area contributed by atoms with Crippen LogP contribution in [0.4, 0.5) is 74.6 Å². The SMILES string of the molecule is O=S(=O)(On1c(O)c2c(c1O)C1C=CC2C1)C(F)(F)C(F)(F)C(F)(F)C(F)(F)C(F)(F)C(F)(F)C(F)(F)C(F)(F)F. The van der Waals surface area contributed by atoms with Crippen LogP contribution in [0.5, 0.6) is 11.8 Å². The molecule has 6 nitrogen and oxygen atoms in total. The highest BCUT2D eigenvalue weighted by molar-refractivity contribution is 7.88. The second-order valence-electron chi connectivity index (χ2n) is 8.59. The number of fused-ring (bicyclic) bond motifs is 5. The van der Waals surface area contributed by atoms with E-state index >= 15 is 0 Å². The molecule has 0 saturated carbocycles. The van der Waals surface area contributed by atoms with Crippen molar-refractivity contribution in [1.29, 1.82) is 0 Å². The van der Waals surface area contributed by atoms with Gasteiger partial charge in [-0.25, -0.2) is 0 Å². The molecule has 0 amide bonds. The summed E-state index contributed by atoms with van der Waals surface area (Å²) in [5.74, 6) is -57.6. The number of aromatic nitrogens is 1. The van der Waals surface area contributed by atoms with Crippen LogP contribution in [0.3, 0.4) is 0 Å². The zero-order valence-corrected chi connectivity index (χ0v) is 19.2. The summed E-state index contributed by atoms with van der Waals surface area (Å²) in [4.78, 5) is 0. The Morgan fingerprint density at radius 2 is 0.927 bits per heavy atom. The Hall–Kier alpha value is -2.82. The van der Waals surface area contributed by atoms with Gasteiger partial charge in [-0.3, -0.25) is 4.28 Å². The molecule has 2 atom stereocenters. The van der Waals surface area contributed by atoms with E-state index in [-0.39, 0.29) is 6.42 Å². The van der Waals surface area contributed by atoms with Crippen LogP contribution in [0.15, 0.2) is 12.2 Å². The normalized spacial score (nSPS) is 21.0. The smallest absolute Gasteiger partial charge is 0.460 e. The maximum atomic E-state index is 14.2. The Balaban J connectivity index is 2.08. The van der Waals surface area contributed by atoms with E-state index in [9.17, 15) is 93.3 Å². The lowest BCUT2D eigenvalue weighted by Crippen LogP contribution is -2.75. The summed E-state index contributed by atoms with van der Waals surface area (Å²) in [6.07, 6.45) is -5.30. The molecule has 3 rings (SSSR count). The van der Waals surface area contributed by atoms with Crippen molar-refractivity contribution in [3.63, 3.8) is 0 Å². The monoisotopic (exact) mass is 661 g/mol. The van der Waals surface area contributed by atoms with Crippen LogP contribution in [-0.2, 0) is 10.1 Å². The number of halogens is 17. The second-order valence-corrected chi connectivity index (χ2v) is 10.2. The summed E-state index contributed by atoms with van der Waals surface area (Å²) in [5.41, 5.74) is -0.964. The van der Waals surface area contributed by atoms with Crippen LogP contribution in [0.1, 0.15) is 29.4 Å². The fourth-order valence-electron chi connectivity index (χ4n) is 3.94. The highest BCUT2D eigenvalue weighted by Crippen LogP contribution is 2.64. The molecule has 2 aliphatic rings. The molecule has 2 bridgehead atoms. The molecule has 24 heteroatoms. The van der Waals surface area contributed by atoms with E-state index in [2.05, 4.69) is 4.28 Å². The fraction of sp³-hybridized carbons (Fsp3) is 0.647. The third-order valence-electron chi connectivity index (χ3n) is 6.16. The van der Waals surface area contributed by atoms with Crippen molar-refractivity contribution in [2.45, 2.75) is 65.2 Å². The van der Waals surface area contributed by atoms with Crippen molar-refractivity contribution in [3.05, 3.63) is 23.3 Å². The van der Waals surface area contributed by atoms with Gasteiger partial charge in [0, 0.05) is 23.0 Å². The van der Waals surface area contributed by atoms with Gasteiger partial charge in [0.25, 0.3) is 0 Å². The molecule has 2 aliphatic carbocycles. The predicted octanol–water partition coefficient (Wildman–Crippen LogP) is 5.77. The molecule has 0 saturated heterocycles. The largest absolute Gasteiger partial charge is 0.492 e. The van der Waals surface area contributed by atoms with Crippen LogP contribution in [0.25, 0.3) is 0 Å². The molecule has 2 unspecified atom stereocenters. The minimum absolute atomic E-state index is 0.0706. The molecule has 1 aromatic heterocycles. The van der Waals surface area contributed by atoms with E-state index in [0.29, 0.717) is 0 Å². The van der Waals surface area contributed by atoms with Crippen LogP contribution in [0, 0.1) is 0 Å². The quantitative estimate of drug-likeness (QED) is 0.260. The van der Waals surface area contributed by atoms with Crippen molar-refractivity contribution < 1.29 is 97.6 Å². The molecule has 41 heavy (non-hydrogen) atoms. The molecule has 236 valence electrons. The first-order valence-electron chi connectivity index (χ1n) is 9.89. The molecule has 1 heterocycles. The van der Waals surface area contributed by atoms with Gasteiger partial charge >= 0.3 is 57.1 Å². The predicted molar refractivity (Wildman–Crippen MR) is 93.2 cm³/mol. The summed E-state index contributed by atoms with van der Waals surface area (Å²) in [5, 5.41) is 11.9. The maximum absolute atomic E-state index is 14.2. The van der Waals surface area contributed by atoms with E-state index in [1.807, 2.05) is 0 Å². The number of allylic oxidation sites excluding steroid dienone is 2. The van der Waals surface area contributed by atoms with Gasteiger partial charge in [-0.1, -0.05) is 16.9 Å². The number of nitrogens with zero attached hydrogens (tertiary/aromatic N) is 1. The van der Waals surface area contributed by atoms with Crippen molar-refractivity contribution >= 4 is 10.1 Å². The van der Waals surface area contributed by atoms with Gasteiger partial charge in [-0.05, 0) is 6.42 Å². The molecule has 0 fully saturated rings. The van der Waals surface area contributed by atoms with E-state index < -0.39 is 96.5 Å². The minimum atomic E-state index is -9.00. The van der Waals surface area contributed by atoms with Gasteiger partial charge < -0.3 is 10.2 Å². The summed E-state index contributed by atoms with van der Waals surface area (Å²) < 4.78 is 253. The molecular weight excluding hydrogens is 653 g/mol. The van der Waals surface area contributed by atoms with Crippen molar-refractivity contribution in [3.8, 4) is 11.8 Å². The molecule has 0 aliphatic heterocycles. The summed E-state index contributed by atoms with van der Waals surface area (Å²) >= 11 is 0. The van der Waals surface area contributed by atoms with Crippen LogP contribution >= 0.6 is 0 Å². The first kappa shape index (κ1) is 32.7. The van der Waals surface area contributed by atoms with E-state index in [1.165, 1.54) is 12.2 Å². The third-order valence-corrected chi connectivity index (χ3v) is 7.39. The van der Waals surface area contributed by atoms with Crippen LogP contribution in [0.2, 0.25) is 0 Å². The van der Waals surface area contributed by atoms with E-state index in [4.69, 9.17) is 0 Å². The van der Waals surface area contributed by atoms with Crippen LogP contribution < -0.4 is 4.28 Å². The highest BCUT2D eigenvalue weighted by Gasteiger charge is 2.96. The third kappa shape index (κ3) is 3.72. The van der Waals surface area contributed by atoms with E-state index in [1.54, 1.807) is 0 Å². The lowest BCUT2D eigenvalue weighted by atomic mass is 9.91. The molecule has 1 aromatic rings. The first-order chi connectivity index (χ1) is 17.9. The molecule has 0 radical (unpaired) electrons. The summed E-state index contributed by atoms with van der Waals surface area (Å²) in [7, 11) is -8.03. The lowest BCUT2D eigenvalue weighted by Gasteiger charge is -2.42. The number of rotatable bonds is 9. The molecule has 2 N–H and O–H groups in total. The van der Waals surface area contributed by atoms with E-state index in [0.717, 1.165) is 0 Å². The molecular formula is C17H8F17NO5S. The topological polar surface area (TPSA) is 88.8 Å². The van der Waals surface area contributed by atoms with Gasteiger partial charge in [0.2, 0.25) is 11.8 Å². The molecule has 0 spiro atoms. The second kappa shape index (κ2) is 8.39. The number of hydrogen-bond donors (Lipinski definition) is 2. The maximum Gasteiger partial charge on any atom is 0.460 e. The van der Waals surface area contributed by atoms with Crippen LogP contribution in [-0.4, -0.2) is 70.3 Å². The fourth-order valence-corrected chi connectivity index (χ4v) is 4.81. The van der Waals surface area contributed by atoms with Crippen molar-refractivity contribution in [2.24, 2.45) is 0 Å². The number of alkyl halides is 17. The molecule has 0 aromatic carbocycles. The highest BCUT2D eigenvalue weighted by atomic mass is 32.2. The number of aromatic hydroxyl groups is 2. The number of hydrogen-bond acceptors (Lipinski definition) is 5. The summed E-state index contributed by atoms with van der Waals surface area (Å²) in [6, 6.07) is 0. The van der Waals surface area contributed by atoms with Gasteiger partial charge in [0.05, 0.1) is 0 Å². The van der Waals surface area contributed by atoms with Gasteiger partial charge in [-0.15, -0.1) is 0 Å². The van der Waals surface area contributed by atoms with Gasteiger partial charge in [0.15, 0.2) is 0 Å². The summed E-state index contributed by atoms with van der Waals surface area (Å²) in [6.45, 7) is 0. The average Bonchev–Trinajstić information content (AvgIpc) is 3.47. The van der Waals surface area contributed by atoms with Gasteiger partial charge in [-0.2, -0.15) is 83.1 Å². The first-order valence-corrected chi connectivity index (χ1v) is 11.3. The van der Waals surface area contributed by atoms with Crippen molar-refractivity contribution in [1.82, 2.24) is 4.73 Å². The average molecular weight is 661 g/mol. The Kier molecular flexibility index (Phi) is 6.69. The van der Waals surface area contributed by atoms with Crippen molar-refractivity contribution in [2.75, 3.05) is 0 Å². The Labute approximate surface area is 213 Å². The zero-order chi connectivity index (χ0) is 32.4. The minimum Gasteiger partial charge on any atom is -0.492 e. The Bertz CT molecular complexity index is 1340. The lowest BCUT2D eigenvalue weighted by molar-refractivity contribution is -0.458. The Morgan fingerprint density at radius 3 is 1.27 bits per heavy atom. The zero-order valence-electron chi connectivity index (χ0n) is 18.4. The Morgan fingerprint density at radius 1 is 0.610 bits per heavy atom.